The molecule has 0 radical (unpaired) electrons. The van der Waals surface area contributed by atoms with Crippen molar-refractivity contribution in [3.05, 3.63) is 45.9 Å². The number of rotatable bonds is 6. The number of benzene rings is 1. The van der Waals surface area contributed by atoms with Gasteiger partial charge in [-0.15, -0.1) is 11.3 Å². The molecule has 1 amide bonds. The number of thiazole rings is 1. The van der Waals surface area contributed by atoms with E-state index in [1.165, 1.54) is 11.3 Å². The van der Waals surface area contributed by atoms with Crippen LogP contribution in [0, 0.1) is 11.8 Å². The Morgan fingerprint density at radius 2 is 1.82 bits per heavy atom. The molecule has 0 saturated carbocycles. The number of aliphatic hydroxyl groups excluding tert-OH is 1. The van der Waals surface area contributed by atoms with Gasteiger partial charge in [0.2, 0.25) is 0 Å². The van der Waals surface area contributed by atoms with Crippen molar-refractivity contribution in [1.82, 2.24) is 9.88 Å². The highest BCUT2D eigenvalue weighted by Crippen LogP contribution is 2.51. The zero-order chi connectivity index (χ0) is 29.8. The molecule has 39 heavy (non-hydrogen) atoms. The van der Waals surface area contributed by atoms with E-state index < -0.39 is 11.1 Å². The van der Waals surface area contributed by atoms with E-state index in [1.54, 1.807) is 31.2 Å². The number of aliphatic hydroxyl groups is 1. The van der Waals surface area contributed by atoms with Gasteiger partial charge in [-0.05, 0) is 75.5 Å². The Labute approximate surface area is 238 Å². The molecule has 0 bridgehead atoms. The van der Waals surface area contributed by atoms with Crippen LogP contribution in [0.4, 0.5) is 0 Å². The van der Waals surface area contributed by atoms with Gasteiger partial charge in [-0.25, -0.2) is 9.78 Å². The topological polar surface area (TPSA) is 89.0 Å². The van der Waals surface area contributed by atoms with Gasteiger partial charge in [0.15, 0.2) is 0 Å². The molecule has 2 aromatic rings. The fourth-order valence-electron chi connectivity index (χ4n) is 5.40. The molecule has 1 aromatic heterocycles. The van der Waals surface area contributed by atoms with Gasteiger partial charge in [-0.2, -0.15) is 0 Å². The Balaban J connectivity index is 0.00000170. The molecular weight excluding hydrogens is 512 g/mol. The summed E-state index contributed by atoms with van der Waals surface area (Å²) in [5, 5.41) is 10.3. The molecule has 7 nitrogen and oxygen atoms in total. The van der Waals surface area contributed by atoms with Crippen molar-refractivity contribution in [3.63, 3.8) is 0 Å². The third-order valence-electron chi connectivity index (χ3n) is 6.64. The molecule has 3 atom stereocenters. The van der Waals surface area contributed by atoms with Crippen molar-refractivity contribution < 1.29 is 24.2 Å². The summed E-state index contributed by atoms with van der Waals surface area (Å²) in [6.07, 6.45) is 2.79. The summed E-state index contributed by atoms with van der Waals surface area (Å²) in [5.74, 6) is 0.319. The summed E-state index contributed by atoms with van der Waals surface area (Å²) in [6, 6.07) is 5.29. The summed E-state index contributed by atoms with van der Waals surface area (Å²) >= 11 is 1.52. The number of likely N-dealkylation sites (tertiary alicyclic amines) is 1. The van der Waals surface area contributed by atoms with Crippen LogP contribution in [0.25, 0.3) is 0 Å². The maximum Gasteiger partial charge on any atom is 0.332 e. The minimum atomic E-state index is -1.09. The molecule has 1 aromatic carbocycles. The number of hydrogen-bond donors (Lipinski definition) is 1. The van der Waals surface area contributed by atoms with Crippen LogP contribution < -0.4 is 4.74 Å². The average molecular weight is 561 g/mol. The lowest BCUT2D eigenvalue weighted by atomic mass is 9.83. The van der Waals surface area contributed by atoms with E-state index in [1.807, 2.05) is 38.3 Å². The summed E-state index contributed by atoms with van der Waals surface area (Å²) in [5.41, 5.74) is -0.392. The fourth-order valence-corrected chi connectivity index (χ4v) is 6.26. The van der Waals surface area contributed by atoms with Crippen molar-refractivity contribution in [2.45, 2.75) is 105 Å². The van der Waals surface area contributed by atoms with Crippen molar-refractivity contribution in [2.24, 2.45) is 11.8 Å². The molecule has 2 heterocycles. The second-order valence-corrected chi connectivity index (χ2v) is 13.7. The van der Waals surface area contributed by atoms with Gasteiger partial charge in [0, 0.05) is 23.7 Å². The molecule has 1 aliphatic heterocycles. The first-order chi connectivity index (χ1) is 18.0. The molecule has 0 aliphatic carbocycles. The number of carbonyl (C=O) groups excluding carboxylic acids is 2. The lowest BCUT2D eigenvalue weighted by Crippen LogP contribution is -2.56. The highest BCUT2D eigenvalue weighted by atomic mass is 32.1. The first kappa shape index (κ1) is 32.8. The number of methoxy groups -OCH3 is 1. The van der Waals surface area contributed by atoms with E-state index in [4.69, 9.17) is 14.6 Å². The summed E-state index contributed by atoms with van der Waals surface area (Å²) in [4.78, 5) is 34.8. The quantitative estimate of drug-likeness (QED) is 0.391. The third kappa shape index (κ3) is 7.60. The standard InChI is InChI=1S/C29H42N2O4S.C2H6O/c1-18(2)16-29(26(33)35-28(7,8)9)17-19(3)23(24-30-13-14-36-24)31(29)25(32)20-11-12-21(27(4,5)6)22(15-20)34-10;1-2-3/h11-15,18-19,23H,16-17H2,1-10H3;3H,2H2,1H3/t19-,23+,29-;/m0./s1. The van der Waals surface area contributed by atoms with Crippen LogP contribution in [-0.4, -0.2) is 51.7 Å². The zero-order valence-corrected chi connectivity index (χ0v) is 26.4. The molecule has 1 N–H and O–H groups in total. The van der Waals surface area contributed by atoms with Crippen molar-refractivity contribution in [1.29, 1.82) is 0 Å². The van der Waals surface area contributed by atoms with Crippen LogP contribution in [-0.2, 0) is 14.9 Å². The first-order valence-corrected chi connectivity index (χ1v) is 14.7. The van der Waals surface area contributed by atoms with E-state index >= 15 is 0 Å². The number of aromatic nitrogens is 1. The Hall–Kier alpha value is -2.45. The number of hydrogen-bond acceptors (Lipinski definition) is 7. The largest absolute Gasteiger partial charge is 0.496 e. The molecule has 218 valence electrons. The number of amides is 1. The van der Waals surface area contributed by atoms with E-state index in [9.17, 15) is 9.59 Å². The van der Waals surface area contributed by atoms with Crippen LogP contribution in [0.5, 0.6) is 5.75 Å². The summed E-state index contributed by atoms with van der Waals surface area (Å²) < 4.78 is 11.7. The second kappa shape index (κ2) is 12.8. The molecule has 0 unspecified atom stereocenters. The van der Waals surface area contributed by atoms with Crippen molar-refractivity contribution in [2.75, 3.05) is 13.7 Å². The Bertz CT molecular complexity index is 1100. The first-order valence-electron chi connectivity index (χ1n) is 13.8. The van der Waals surface area contributed by atoms with Gasteiger partial charge in [-0.1, -0.05) is 47.6 Å². The van der Waals surface area contributed by atoms with Crippen LogP contribution in [0.1, 0.15) is 109 Å². The highest BCUT2D eigenvalue weighted by Gasteiger charge is 2.59. The maximum absolute atomic E-state index is 14.4. The minimum Gasteiger partial charge on any atom is -0.496 e. The van der Waals surface area contributed by atoms with E-state index in [-0.39, 0.29) is 41.8 Å². The zero-order valence-electron chi connectivity index (χ0n) is 25.6. The SMILES string of the molecule is CCO.COc1cc(C(=O)N2[C@@H](c3nccs3)[C@@H](C)C[C@@]2(CC(C)C)C(=O)OC(C)(C)C)ccc1C(C)(C)C. The Morgan fingerprint density at radius 1 is 1.21 bits per heavy atom. The maximum atomic E-state index is 14.4. The molecule has 3 rings (SSSR count). The fraction of sp³-hybridized carbons (Fsp3) is 0.645. The average Bonchev–Trinajstić information content (AvgIpc) is 3.43. The van der Waals surface area contributed by atoms with Crippen LogP contribution in [0.3, 0.4) is 0 Å². The highest BCUT2D eigenvalue weighted by molar-refractivity contribution is 7.09. The predicted octanol–water partition coefficient (Wildman–Crippen LogP) is 6.80. The lowest BCUT2D eigenvalue weighted by molar-refractivity contribution is -0.168. The number of ether oxygens (including phenoxy) is 2. The summed E-state index contributed by atoms with van der Waals surface area (Å²) in [6.45, 7) is 20.1. The molecule has 0 spiro atoms. The normalized spacial score (nSPS) is 21.4. The number of nitrogens with zero attached hydrogens (tertiary/aromatic N) is 2. The lowest BCUT2D eigenvalue weighted by Gasteiger charge is -2.41. The molecular formula is C31H48N2O5S. The van der Waals surface area contributed by atoms with Gasteiger partial charge >= 0.3 is 5.97 Å². The summed E-state index contributed by atoms with van der Waals surface area (Å²) in [7, 11) is 1.62. The van der Waals surface area contributed by atoms with Crippen molar-refractivity contribution in [3.8, 4) is 5.75 Å². The van der Waals surface area contributed by atoms with Gasteiger partial charge in [0.05, 0.1) is 13.2 Å². The Kier molecular flexibility index (Phi) is 10.8. The van der Waals surface area contributed by atoms with Gasteiger partial charge in [0.25, 0.3) is 5.91 Å². The monoisotopic (exact) mass is 560 g/mol. The third-order valence-corrected chi connectivity index (χ3v) is 7.49. The Morgan fingerprint density at radius 3 is 2.28 bits per heavy atom. The number of carbonyl (C=O) groups is 2. The second-order valence-electron chi connectivity index (χ2n) is 12.8. The van der Waals surface area contributed by atoms with Gasteiger partial charge in [-0.3, -0.25) is 4.79 Å². The predicted molar refractivity (Wildman–Crippen MR) is 157 cm³/mol. The van der Waals surface area contributed by atoms with E-state index in [0.717, 1.165) is 10.6 Å². The number of esters is 1. The minimum absolute atomic E-state index is 0.0297. The molecule has 1 fully saturated rings. The van der Waals surface area contributed by atoms with Crippen LogP contribution >= 0.6 is 11.3 Å². The van der Waals surface area contributed by atoms with Crippen LogP contribution in [0.15, 0.2) is 29.8 Å². The smallest absolute Gasteiger partial charge is 0.332 e. The van der Waals surface area contributed by atoms with Crippen LogP contribution in [0.2, 0.25) is 0 Å². The molecule has 1 saturated heterocycles. The van der Waals surface area contributed by atoms with E-state index in [2.05, 4.69) is 46.5 Å². The molecule has 1 aliphatic rings. The van der Waals surface area contributed by atoms with Gasteiger partial charge < -0.3 is 19.5 Å². The van der Waals surface area contributed by atoms with E-state index in [0.29, 0.717) is 24.2 Å². The molecule has 8 heteroatoms. The van der Waals surface area contributed by atoms with Gasteiger partial charge in [0.1, 0.15) is 21.9 Å². The van der Waals surface area contributed by atoms with Crippen molar-refractivity contribution >= 4 is 23.2 Å².